The number of benzene rings is 3. The van der Waals surface area contributed by atoms with Crippen molar-refractivity contribution in [3.05, 3.63) is 60.2 Å². The van der Waals surface area contributed by atoms with E-state index in [9.17, 15) is 9.59 Å². The van der Waals surface area contributed by atoms with Crippen LogP contribution in [0.15, 0.2) is 54.6 Å². The zero-order valence-corrected chi connectivity index (χ0v) is 18.5. The van der Waals surface area contributed by atoms with Crippen molar-refractivity contribution in [2.24, 2.45) is 0 Å². The molecule has 0 radical (unpaired) electrons. The van der Waals surface area contributed by atoms with E-state index in [-0.39, 0.29) is 5.56 Å². The summed E-state index contributed by atoms with van der Waals surface area (Å²) in [6.45, 7) is 6.27. The van der Waals surface area contributed by atoms with E-state index in [0.717, 1.165) is 10.8 Å². The lowest BCUT2D eigenvalue weighted by molar-refractivity contribution is -0.119. The monoisotopic (exact) mass is 437 g/mol. The van der Waals surface area contributed by atoms with E-state index in [0.29, 0.717) is 42.8 Å². The molecule has 0 aromatic heterocycles. The van der Waals surface area contributed by atoms with E-state index >= 15 is 0 Å². The van der Waals surface area contributed by atoms with E-state index in [1.54, 1.807) is 6.07 Å². The van der Waals surface area contributed by atoms with Crippen LogP contribution in [0, 0.1) is 0 Å². The number of anilines is 1. The van der Waals surface area contributed by atoms with Gasteiger partial charge in [-0.1, -0.05) is 36.4 Å². The van der Waals surface area contributed by atoms with E-state index in [1.807, 2.05) is 57.2 Å². The standard InChI is InChI=1S/C25H27NO6/c1-4-29-21-14-18(15-22(30-5-2)24(21)31-6-3)25(28)32-16-23(27)26-20-13-9-11-17-10-7-8-12-19(17)20/h7-15H,4-6,16H2,1-3H3,(H,26,27). The summed E-state index contributed by atoms with van der Waals surface area (Å²) >= 11 is 0. The highest BCUT2D eigenvalue weighted by Gasteiger charge is 2.20. The van der Waals surface area contributed by atoms with Crippen LogP contribution in [0.25, 0.3) is 10.8 Å². The molecule has 0 saturated heterocycles. The van der Waals surface area contributed by atoms with E-state index < -0.39 is 18.5 Å². The predicted molar refractivity (Wildman–Crippen MR) is 123 cm³/mol. The first kappa shape index (κ1) is 22.9. The van der Waals surface area contributed by atoms with Gasteiger partial charge in [-0.15, -0.1) is 0 Å². The zero-order valence-electron chi connectivity index (χ0n) is 18.5. The maximum absolute atomic E-state index is 12.6. The van der Waals surface area contributed by atoms with Crippen LogP contribution in [0.3, 0.4) is 0 Å². The van der Waals surface area contributed by atoms with Crippen molar-refractivity contribution >= 4 is 28.3 Å². The van der Waals surface area contributed by atoms with Crippen LogP contribution >= 0.6 is 0 Å². The molecule has 168 valence electrons. The van der Waals surface area contributed by atoms with Crippen LogP contribution in [-0.2, 0) is 9.53 Å². The summed E-state index contributed by atoms with van der Waals surface area (Å²) in [5.41, 5.74) is 0.862. The van der Waals surface area contributed by atoms with Crippen molar-refractivity contribution in [3.8, 4) is 17.2 Å². The lowest BCUT2D eigenvalue weighted by Crippen LogP contribution is -2.21. The molecule has 0 atom stereocenters. The van der Waals surface area contributed by atoms with Gasteiger partial charge in [0.15, 0.2) is 18.1 Å². The molecule has 3 rings (SSSR count). The number of fused-ring (bicyclic) bond motifs is 1. The molecule has 0 spiro atoms. The predicted octanol–water partition coefficient (Wildman–Crippen LogP) is 4.83. The third kappa shape index (κ3) is 5.49. The molecule has 7 nitrogen and oxygen atoms in total. The fourth-order valence-electron chi connectivity index (χ4n) is 3.24. The molecule has 1 amide bonds. The number of hydrogen-bond acceptors (Lipinski definition) is 6. The Morgan fingerprint density at radius 3 is 2.09 bits per heavy atom. The summed E-state index contributed by atoms with van der Waals surface area (Å²) in [6, 6.07) is 16.4. The number of ether oxygens (including phenoxy) is 4. The van der Waals surface area contributed by atoms with Gasteiger partial charge in [0.2, 0.25) is 5.75 Å². The van der Waals surface area contributed by atoms with Gasteiger partial charge >= 0.3 is 5.97 Å². The van der Waals surface area contributed by atoms with Gasteiger partial charge in [0.1, 0.15) is 0 Å². The molecule has 0 saturated carbocycles. The van der Waals surface area contributed by atoms with Crippen molar-refractivity contribution in [1.82, 2.24) is 0 Å². The molecular formula is C25H27NO6. The molecule has 7 heteroatoms. The van der Waals surface area contributed by atoms with Crippen LogP contribution in [0.2, 0.25) is 0 Å². The minimum absolute atomic E-state index is 0.207. The summed E-state index contributed by atoms with van der Waals surface area (Å²) in [5.74, 6) is 0.0973. The second kappa shape index (κ2) is 11.0. The zero-order chi connectivity index (χ0) is 22.9. The molecule has 3 aromatic rings. The van der Waals surface area contributed by atoms with Gasteiger partial charge in [0.05, 0.1) is 25.4 Å². The van der Waals surface area contributed by atoms with E-state index in [1.165, 1.54) is 12.1 Å². The highest BCUT2D eigenvalue weighted by atomic mass is 16.5. The molecular weight excluding hydrogens is 410 g/mol. The molecule has 3 aromatic carbocycles. The topological polar surface area (TPSA) is 83.1 Å². The Morgan fingerprint density at radius 1 is 0.812 bits per heavy atom. The Kier molecular flexibility index (Phi) is 7.91. The highest BCUT2D eigenvalue weighted by Crippen LogP contribution is 2.39. The van der Waals surface area contributed by atoms with Crippen LogP contribution in [0.1, 0.15) is 31.1 Å². The number of rotatable bonds is 10. The minimum Gasteiger partial charge on any atom is -0.490 e. The van der Waals surface area contributed by atoms with Crippen molar-refractivity contribution in [1.29, 1.82) is 0 Å². The Hall–Kier alpha value is -3.74. The molecule has 0 bridgehead atoms. The average Bonchev–Trinajstić information content (AvgIpc) is 2.80. The largest absolute Gasteiger partial charge is 0.490 e. The van der Waals surface area contributed by atoms with Crippen molar-refractivity contribution in [2.75, 3.05) is 31.7 Å². The first-order valence-corrected chi connectivity index (χ1v) is 10.6. The summed E-state index contributed by atoms with van der Waals surface area (Å²) in [6.07, 6.45) is 0. The van der Waals surface area contributed by atoms with E-state index in [4.69, 9.17) is 18.9 Å². The molecule has 0 aliphatic carbocycles. The third-order valence-corrected chi connectivity index (χ3v) is 4.54. The molecule has 0 fully saturated rings. The quantitative estimate of drug-likeness (QED) is 0.458. The molecule has 1 N–H and O–H groups in total. The fourth-order valence-corrected chi connectivity index (χ4v) is 3.24. The van der Waals surface area contributed by atoms with Crippen LogP contribution in [-0.4, -0.2) is 38.3 Å². The molecule has 0 heterocycles. The first-order valence-electron chi connectivity index (χ1n) is 10.6. The molecule has 0 unspecified atom stereocenters. The molecule has 0 aliphatic heterocycles. The van der Waals surface area contributed by atoms with Crippen LogP contribution in [0.4, 0.5) is 5.69 Å². The van der Waals surface area contributed by atoms with Crippen LogP contribution in [0.5, 0.6) is 17.2 Å². The SMILES string of the molecule is CCOc1cc(C(=O)OCC(=O)Nc2cccc3ccccc23)cc(OCC)c1OCC. The average molecular weight is 437 g/mol. The van der Waals surface area contributed by atoms with Gasteiger partial charge in [0.25, 0.3) is 5.91 Å². The van der Waals surface area contributed by atoms with Gasteiger partial charge < -0.3 is 24.3 Å². The number of hydrogen-bond donors (Lipinski definition) is 1. The number of amides is 1. The summed E-state index contributed by atoms with van der Waals surface area (Å²) in [4.78, 5) is 25.1. The van der Waals surface area contributed by atoms with Crippen molar-refractivity contribution < 1.29 is 28.5 Å². The molecule has 32 heavy (non-hydrogen) atoms. The lowest BCUT2D eigenvalue weighted by atomic mass is 10.1. The lowest BCUT2D eigenvalue weighted by Gasteiger charge is -2.17. The second-order valence-electron chi connectivity index (χ2n) is 6.75. The minimum atomic E-state index is -0.664. The van der Waals surface area contributed by atoms with Crippen molar-refractivity contribution in [2.45, 2.75) is 20.8 Å². The highest BCUT2D eigenvalue weighted by molar-refractivity contribution is 6.03. The van der Waals surface area contributed by atoms with Gasteiger partial charge in [-0.05, 0) is 44.4 Å². The maximum atomic E-state index is 12.6. The Morgan fingerprint density at radius 2 is 1.44 bits per heavy atom. The summed E-state index contributed by atoms with van der Waals surface area (Å²) in [5, 5.41) is 4.71. The summed E-state index contributed by atoms with van der Waals surface area (Å²) < 4.78 is 22.1. The Labute approximate surface area is 187 Å². The van der Waals surface area contributed by atoms with Gasteiger partial charge in [-0.25, -0.2) is 4.79 Å². The maximum Gasteiger partial charge on any atom is 0.338 e. The van der Waals surface area contributed by atoms with E-state index in [2.05, 4.69) is 5.32 Å². The number of carbonyl (C=O) groups excluding carboxylic acids is 2. The molecule has 0 aliphatic rings. The third-order valence-electron chi connectivity index (χ3n) is 4.54. The second-order valence-corrected chi connectivity index (χ2v) is 6.75. The first-order chi connectivity index (χ1) is 15.6. The van der Waals surface area contributed by atoms with Gasteiger partial charge in [-0.2, -0.15) is 0 Å². The number of esters is 1. The van der Waals surface area contributed by atoms with Gasteiger partial charge in [0, 0.05) is 11.1 Å². The number of carbonyl (C=O) groups is 2. The normalized spacial score (nSPS) is 10.5. The van der Waals surface area contributed by atoms with Gasteiger partial charge in [-0.3, -0.25) is 4.79 Å². The number of nitrogens with one attached hydrogen (secondary N) is 1. The Balaban J connectivity index is 1.72. The van der Waals surface area contributed by atoms with Crippen molar-refractivity contribution in [3.63, 3.8) is 0 Å². The smallest absolute Gasteiger partial charge is 0.338 e. The summed E-state index contributed by atoms with van der Waals surface area (Å²) in [7, 11) is 0. The Bertz CT molecular complexity index is 1060. The van der Waals surface area contributed by atoms with Crippen LogP contribution < -0.4 is 19.5 Å². The fraction of sp³-hybridized carbons (Fsp3) is 0.280.